The van der Waals surface area contributed by atoms with Gasteiger partial charge >= 0.3 is 0 Å². The van der Waals surface area contributed by atoms with Crippen molar-refractivity contribution in [1.29, 1.82) is 0 Å². The van der Waals surface area contributed by atoms with Crippen LogP contribution in [0.1, 0.15) is 16.7 Å². The first kappa shape index (κ1) is 15.4. The zero-order valence-electron chi connectivity index (χ0n) is 13.6. The summed E-state index contributed by atoms with van der Waals surface area (Å²) in [6.07, 6.45) is 0.755. The summed E-state index contributed by atoms with van der Waals surface area (Å²) in [7, 11) is -3.44. The first-order valence-corrected chi connectivity index (χ1v) is 9.55. The van der Waals surface area contributed by atoms with Gasteiger partial charge < -0.3 is 0 Å². The average molecular weight is 337 g/mol. The number of benzene rings is 3. The van der Waals surface area contributed by atoms with Gasteiger partial charge in [0, 0.05) is 13.1 Å². The van der Waals surface area contributed by atoms with E-state index in [-0.39, 0.29) is 0 Å². The standard InChI is InChI=1S/C20H19NO2S/c1-15-6-8-20(9-7-15)24(22,23)21-11-10-18-12-16-4-2-3-5-17(16)13-19(18)14-21/h2-9,12-13H,10-11,14H2,1H3. The molecule has 1 heterocycles. The van der Waals surface area contributed by atoms with Gasteiger partial charge in [-0.1, -0.05) is 48.0 Å². The third-order valence-corrected chi connectivity index (χ3v) is 6.56. The Morgan fingerprint density at radius 2 is 1.50 bits per heavy atom. The summed E-state index contributed by atoms with van der Waals surface area (Å²) in [4.78, 5) is 0.373. The number of hydrogen-bond acceptors (Lipinski definition) is 2. The van der Waals surface area contributed by atoms with Crippen LogP contribution >= 0.6 is 0 Å². The van der Waals surface area contributed by atoms with Gasteiger partial charge in [-0.25, -0.2) is 8.42 Å². The normalized spacial score (nSPS) is 15.4. The molecule has 0 N–H and O–H groups in total. The summed E-state index contributed by atoms with van der Waals surface area (Å²) < 4.78 is 27.4. The van der Waals surface area contributed by atoms with Crippen molar-refractivity contribution in [2.75, 3.05) is 6.54 Å². The molecule has 0 saturated carbocycles. The number of fused-ring (bicyclic) bond motifs is 2. The quantitative estimate of drug-likeness (QED) is 0.711. The first-order chi connectivity index (χ1) is 11.5. The fraction of sp³-hybridized carbons (Fsp3) is 0.200. The molecular weight excluding hydrogens is 318 g/mol. The van der Waals surface area contributed by atoms with Gasteiger partial charge in [0.2, 0.25) is 10.0 Å². The van der Waals surface area contributed by atoms with E-state index in [2.05, 4.69) is 24.3 Å². The lowest BCUT2D eigenvalue weighted by molar-refractivity contribution is 0.391. The van der Waals surface area contributed by atoms with Crippen molar-refractivity contribution in [1.82, 2.24) is 4.31 Å². The number of rotatable bonds is 2. The zero-order valence-corrected chi connectivity index (χ0v) is 14.4. The highest BCUT2D eigenvalue weighted by Crippen LogP contribution is 2.28. The van der Waals surface area contributed by atoms with E-state index >= 15 is 0 Å². The molecule has 4 rings (SSSR count). The maximum Gasteiger partial charge on any atom is 0.243 e. The molecule has 24 heavy (non-hydrogen) atoms. The van der Waals surface area contributed by atoms with E-state index in [4.69, 9.17) is 0 Å². The van der Waals surface area contributed by atoms with Crippen molar-refractivity contribution in [2.24, 2.45) is 0 Å². The van der Waals surface area contributed by atoms with Crippen molar-refractivity contribution in [3.63, 3.8) is 0 Å². The highest BCUT2D eigenvalue weighted by Gasteiger charge is 2.28. The van der Waals surface area contributed by atoms with Crippen molar-refractivity contribution in [2.45, 2.75) is 24.8 Å². The van der Waals surface area contributed by atoms with Gasteiger partial charge in [0.1, 0.15) is 0 Å². The summed E-state index contributed by atoms with van der Waals surface area (Å²) >= 11 is 0. The molecule has 0 saturated heterocycles. The lowest BCUT2D eigenvalue weighted by Crippen LogP contribution is -2.35. The Morgan fingerprint density at radius 3 is 2.17 bits per heavy atom. The second-order valence-corrected chi connectivity index (χ2v) is 8.31. The molecule has 0 atom stereocenters. The minimum absolute atomic E-state index is 0.373. The van der Waals surface area contributed by atoms with E-state index in [9.17, 15) is 8.42 Å². The molecule has 0 amide bonds. The van der Waals surface area contributed by atoms with Crippen LogP contribution in [0.4, 0.5) is 0 Å². The van der Waals surface area contributed by atoms with Crippen LogP contribution in [0.3, 0.4) is 0 Å². The molecule has 3 aromatic carbocycles. The van der Waals surface area contributed by atoms with Gasteiger partial charge in [0.15, 0.2) is 0 Å². The van der Waals surface area contributed by atoms with Crippen molar-refractivity contribution >= 4 is 20.8 Å². The molecule has 1 aliphatic heterocycles. The lowest BCUT2D eigenvalue weighted by atomic mass is 9.96. The molecular formula is C20H19NO2S. The van der Waals surface area contributed by atoms with E-state index in [0.29, 0.717) is 18.0 Å². The monoisotopic (exact) mass is 337 g/mol. The molecule has 122 valence electrons. The Kier molecular flexibility index (Phi) is 3.66. The van der Waals surface area contributed by atoms with Crippen LogP contribution in [-0.2, 0) is 23.0 Å². The first-order valence-electron chi connectivity index (χ1n) is 8.11. The largest absolute Gasteiger partial charge is 0.243 e. The number of nitrogens with zero attached hydrogens (tertiary/aromatic N) is 1. The maximum atomic E-state index is 12.9. The molecule has 0 unspecified atom stereocenters. The van der Waals surface area contributed by atoms with Crippen molar-refractivity contribution in [3.05, 3.63) is 77.4 Å². The fourth-order valence-electron chi connectivity index (χ4n) is 3.29. The highest BCUT2D eigenvalue weighted by molar-refractivity contribution is 7.89. The smallest absolute Gasteiger partial charge is 0.207 e. The minimum atomic E-state index is -3.44. The molecule has 0 bridgehead atoms. The summed E-state index contributed by atoms with van der Waals surface area (Å²) in [6.45, 7) is 2.93. The summed E-state index contributed by atoms with van der Waals surface area (Å²) in [5, 5.41) is 2.37. The zero-order chi connectivity index (χ0) is 16.7. The number of aryl methyl sites for hydroxylation is 1. The van der Waals surface area contributed by atoms with E-state index in [0.717, 1.165) is 22.9 Å². The molecule has 3 aromatic rings. The molecule has 4 heteroatoms. The minimum Gasteiger partial charge on any atom is -0.207 e. The fourth-order valence-corrected chi connectivity index (χ4v) is 4.71. The Labute approximate surface area is 142 Å². The third kappa shape index (κ3) is 2.62. The number of sulfonamides is 1. The summed E-state index contributed by atoms with van der Waals surface area (Å²) in [5.41, 5.74) is 3.42. The predicted octanol–water partition coefficient (Wildman–Crippen LogP) is 3.90. The summed E-state index contributed by atoms with van der Waals surface area (Å²) in [6, 6.07) is 19.6. The van der Waals surface area contributed by atoms with Crippen LogP contribution in [0.15, 0.2) is 65.6 Å². The van der Waals surface area contributed by atoms with Crippen molar-refractivity contribution < 1.29 is 8.42 Å². The molecule has 3 nitrogen and oxygen atoms in total. The Morgan fingerprint density at radius 1 is 0.875 bits per heavy atom. The van der Waals surface area contributed by atoms with Gasteiger partial charge in [-0.05, 0) is 53.4 Å². The molecule has 1 aliphatic rings. The van der Waals surface area contributed by atoms with Gasteiger partial charge in [0.05, 0.1) is 4.90 Å². The van der Waals surface area contributed by atoms with E-state index in [1.54, 1.807) is 16.4 Å². The molecule has 0 aliphatic carbocycles. The highest BCUT2D eigenvalue weighted by atomic mass is 32.2. The molecule has 0 fully saturated rings. The van der Waals surface area contributed by atoms with Gasteiger partial charge in [0.25, 0.3) is 0 Å². The van der Waals surface area contributed by atoms with Crippen LogP contribution in [0.2, 0.25) is 0 Å². The van der Waals surface area contributed by atoms with E-state index in [1.165, 1.54) is 10.9 Å². The molecule has 0 radical (unpaired) electrons. The second kappa shape index (κ2) is 5.72. The van der Waals surface area contributed by atoms with Crippen molar-refractivity contribution in [3.8, 4) is 0 Å². The maximum absolute atomic E-state index is 12.9. The average Bonchev–Trinajstić information content (AvgIpc) is 2.59. The summed E-state index contributed by atoms with van der Waals surface area (Å²) in [5.74, 6) is 0. The van der Waals surface area contributed by atoms with Crippen LogP contribution in [0.25, 0.3) is 10.8 Å². The predicted molar refractivity (Wildman–Crippen MR) is 96.4 cm³/mol. The Hall–Kier alpha value is -2.17. The second-order valence-electron chi connectivity index (χ2n) is 6.37. The van der Waals surface area contributed by atoms with Gasteiger partial charge in [-0.3, -0.25) is 0 Å². The van der Waals surface area contributed by atoms with E-state index in [1.807, 2.05) is 31.2 Å². The SMILES string of the molecule is Cc1ccc(S(=O)(=O)N2CCc3cc4ccccc4cc3C2)cc1. The Balaban J connectivity index is 1.70. The lowest BCUT2D eigenvalue weighted by Gasteiger charge is -2.28. The van der Waals surface area contributed by atoms with Crippen LogP contribution in [0, 0.1) is 6.92 Å². The molecule has 0 aromatic heterocycles. The van der Waals surface area contributed by atoms with Gasteiger partial charge in [-0.15, -0.1) is 0 Å². The van der Waals surface area contributed by atoms with E-state index < -0.39 is 10.0 Å². The van der Waals surface area contributed by atoms with Crippen LogP contribution in [0.5, 0.6) is 0 Å². The topological polar surface area (TPSA) is 37.4 Å². The van der Waals surface area contributed by atoms with Crippen LogP contribution in [-0.4, -0.2) is 19.3 Å². The Bertz CT molecular complexity index is 1010. The number of hydrogen-bond donors (Lipinski definition) is 0. The van der Waals surface area contributed by atoms with Gasteiger partial charge in [-0.2, -0.15) is 4.31 Å². The third-order valence-electron chi connectivity index (χ3n) is 4.70. The van der Waals surface area contributed by atoms with Crippen LogP contribution < -0.4 is 0 Å². The molecule has 0 spiro atoms.